The lowest BCUT2D eigenvalue weighted by Gasteiger charge is -2.32. The third-order valence-electron chi connectivity index (χ3n) is 3.44. The van der Waals surface area contributed by atoms with Crippen molar-refractivity contribution in [2.45, 2.75) is 31.9 Å². The number of aromatic nitrogens is 2. The van der Waals surface area contributed by atoms with E-state index in [-0.39, 0.29) is 18.8 Å². The zero-order valence-electron chi connectivity index (χ0n) is 11.2. The van der Waals surface area contributed by atoms with Crippen LogP contribution in [0.25, 0.3) is 0 Å². The van der Waals surface area contributed by atoms with E-state index in [1.54, 1.807) is 0 Å². The SMILES string of the molecule is Cc1[nH]c(C2CCCN(C(=O)C(F)(F)F)C2)nc1C(=O)O. The Kier molecular flexibility index (Phi) is 3.93. The summed E-state index contributed by atoms with van der Waals surface area (Å²) in [7, 11) is 0. The molecule has 0 spiro atoms. The summed E-state index contributed by atoms with van der Waals surface area (Å²) in [6, 6.07) is 0. The number of aryl methyl sites for hydroxylation is 1. The molecule has 1 fully saturated rings. The lowest BCUT2D eigenvalue weighted by molar-refractivity contribution is -0.186. The number of hydrogen-bond donors (Lipinski definition) is 2. The van der Waals surface area contributed by atoms with Crippen LogP contribution in [0, 0.1) is 6.92 Å². The Morgan fingerprint density at radius 3 is 2.62 bits per heavy atom. The maximum atomic E-state index is 12.4. The molecule has 0 aliphatic carbocycles. The number of H-pyrrole nitrogens is 1. The van der Waals surface area contributed by atoms with Gasteiger partial charge in [0.15, 0.2) is 5.69 Å². The van der Waals surface area contributed by atoms with E-state index in [9.17, 15) is 22.8 Å². The van der Waals surface area contributed by atoms with E-state index in [0.29, 0.717) is 24.4 Å². The normalized spacial score (nSPS) is 19.6. The lowest BCUT2D eigenvalue weighted by Crippen LogP contribution is -2.46. The van der Waals surface area contributed by atoms with Crippen LogP contribution < -0.4 is 0 Å². The molecule has 9 heteroatoms. The average molecular weight is 305 g/mol. The second-order valence-electron chi connectivity index (χ2n) is 4.99. The van der Waals surface area contributed by atoms with Gasteiger partial charge in [-0.05, 0) is 19.8 Å². The van der Waals surface area contributed by atoms with Crippen molar-refractivity contribution in [3.05, 3.63) is 17.2 Å². The van der Waals surface area contributed by atoms with Gasteiger partial charge in [-0.1, -0.05) is 0 Å². The summed E-state index contributed by atoms with van der Waals surface area (Å²) in [5.74, 6) is -3.18. The molecule has 0 aromatic carbocycles. The molecule has 0 radical (unpaired) electrons. The Morgan fingerprint density at radius 1 is 1.43 bits per heavy atom. The summed E-state index contributed by atoms with van der Waals surface area (Å²) in [5.41, 5.74) is 0.195. The number of halogens is 3. The molecule has 1 saturated heterocycles. The van der Waals surface area contributed by atoms with Crippen molar-refractivity contribution in [2.75, 3.05) is 13.1 Å². The maximum Gasteiger partial charge on any atom is 0.471 e. The molecule has 1 unspecified atom stereocenters. The van der Waals surface area contributed by atoms with Crippen LogP contribution in [-0.4, -0.2) is 51.1 Å². The van der Waals surface area contributed by atoms with E-state index in [4.69, 9.17) is 5.11 Å². The Bertz CT molecular complexity index is 568. The number of nitrogens with one attached hydrogen (secondary N) is 1. The molecule has 1 aromatic rings. The van der Waals surface area contributed by atoms with Crippen molar-refractivity contribution in [3.8, 4) is 0 Å². The fraction of sp³-hybridized carbons (Fsp3) is 0.583. The maximum absolute atomic E-state index is 12.4. The van der Waals surface area contributed by atoms with Crippen molar-refractivity contribution in [3.63, 3.8) is 0 Å². The van der Waals surface area contributed by atoms with Crippen molar-refractivity contribution < 1.29 is 27.9 Å². The molecule has 116 valence electrons. The molecule has 0 saturated carbocycles. The zero-order chi connectivity index (χ0) is 15.8. The fourth-order valence-corrected chi connectivity index (χ4v) is 2.45. The number of nitrogens with zero attached hydrogens (tertiary/aromatic N) is 2. The minimum atomic E-state index is -4.90. The number of aromatic amines is 1. The number of imidazole rings is 1. The van der Waals surface area contributed by atoms with Gasteiger partial charge in [-0.2, -0.15) is 13.2 Å². The average Bonchev–Trinajstić information content (AvgIpc) is 2.79. The van der Waals surface area contributed by atoms with Crippen LogP contribution in [0.2, 0.25) is 0 Å². The van der Waals surface area contributed by atoms with Gasteiger partial charge in [-0.25, -0.2) is 9.78 Å². The predicted octanol–water partition coefficient (Wildman–Crippen LogP) is 1.68. The van der Waals surface area contributed by atoms with Gasteiger partial charge in [-0.15, -0.1) is 0 Å². The third kappa shape index (κ3) is 3.17. The van der Waals surface area contributed by atoms with Gasteiger partial charge < -0.3 is 15.0 Å². The number of alkyl halides is 3. The molecule has 1 aliphatic rings. The first-order chi connectivity index (χ1) is 9.70. The van der Waals surface area contributed by atoms with Crippen LogP contribution in [0.3, 0.4) is 0 Å². The van der Waals surface area contributed by atoms with Crippen LogP contribution in [0.15, 0.2) is 0 Å². The number of hydrogen-bond acceptors (Lipinski definition) is 3. The van der Waals surface area contributed by atoms with E-state index in [2.05, 4.69) is 9.97 Å². The van der Waals surface area contributed by atoms with Crippen molar-refractivity contribution in [2.24, 2.45) is 0 Å². The molecular formula is C12H14F3N3O3. The van der Waals surface area contributed by atoms with Gasteiger partial charge >= 0.3 is 18.1 Å². The highest BCUT2D eigenvalue weighted by Gasteiger charge is 2.44. The zero-order valence-corrected chi connectivity index (χ0v) is 11.2. The Balaban J connectivity index is 2.16. The number of carbonyl (C=O) groups is 2. The number of rotatable bonds is 2. The standard InChI is InChI=1S/C12H14F3N3O3/c1-6-8(10(19)20)17-9(16-6)7-3-2-4-18(5-7)11(21)12(13,14)15/h7H,2-5H2,1H3,(H,16,17)(H,19,20). The van der Waals surface area contributed by atoms with Crippen LogP contribution >= 0.6 is 0 Å². The molecule has 6 nitrogen and oxygen atoms in total. The second kappa shape index (κ2) is 5.38. The molecule has 2 rings (SSSR count). The summed E-state index contributed by atoms with van der Waals surface area (Å²) < 4.78 is 37.3. The number of carboxylic acids is 1. The Morgan fingerprint density at radius 2 is 2.10 bits per heavy atom. The monoisotopic (exact) mass is 305 g/mol. The number of piperidine rings is 1. The highest BCUT2D eigenvalue weighted by molar-refractivity contribution is 5.86. The second-order valence-corrected chi connectivity index (χ2v) is 4.99. The van der Waals surface area contributed by atoms with Crippen molar-refractivity contribution in [1.29, 1.82) is 0 Å². The first-order valence-corrected chi connectivity index (χ1v) is 6.36. The van der Waals surface area contributed by atoms with Gasteiger partial charge in [0.1, 0.15) is 5.82 Å². The molecule has 1 atom stereocenters. The highest BCUT2D eigenvalue weighted by Crippen LogP contribution is 2.28. The first-order valence-electron chi connectivity index (χ1n) is 6.36. The van der Waals surface area contributed by atoms with Crippen molar-refractivity contribution >= 4 is 11.9 Å². The van der Waals surface area contributed by atoms with Gasteiger partial charge in [-0.3, -0.25) is 4.79 Å². The molecule has 0 bridgehead atoms. The topological polar surface area (TPSA) is 86.3 Å². The van der Waals surface area contributed by atoms with Gasteiger partial charge in [0, 0.05) is 24.7 Å². The first kappa shape index (κ1) is 15.3. The van der Waals surface area contributed by atoms with Crippen LogP contribution in [-0.2, 0) is 4.79 Å². The third-order valence-corrected chi connectivity index (χ3v) is 3.44. The summed E-state index contributed by atoms with van der Waals surface area (Å²) in [4.78, 5) is 29.6. The number of carbonyl (C=O) groups excluding carboxylic acids is 1. The molecule has 2 N–H and O–H groups in total. The van der Waals surface area contributed by atoms with Gasteiger partial charge in [0.2, 0.25) is 0 Å². The van der Waals surface area contributed by atoms with E-state index in [1.807, 2.05) is 0 Å². The number of carboxylic acid groups (broad SMARTS) is 1. The molecular weight excluding hydrogens is 291 g/mol. The van der Waals surface area contributed by atoms with Crippen molar-refractivity contribution in [1.82, 2.24) is 14.9 Å². The van der Waals surface area contributed by atoms with E-state index < -0.39 is 24.0 Å². The highest BCUT2D eigenvalue weighted by atomic mass is 19.4. The smallest absolute Gasteiger partial charge is 0.471 e. The molecule has 1 aromatic heterocycles. The molecule has 1 amide bonds. The molecule has 21 heavy (non-hydrogen) atoms. The Labute approximate surface area is 118 Å². The number of likely N-dealkylation sites (tertiary alicyclic amines) is 1. The van der Waals surface area contributed by atoms with Gasteiger partial charge in [0.25, 0.3) is 0 Å². The largest absolute Gasteiger partial charge is 0.476 e. The summed E-state index contributed by atoms with van der Waals surface area (Å²) in [5, 5.41) is 8.93. The van der Waals surface area contributed by atoms with Crippen LogP contribution in [0.5, 0.6) is 0 Å². The summed E-state index contributed by atoms with van der Waals surface area (Å²) >= 11 is 0. The fourth-order valence-electron chi connectivity index (χ4n) is 2.45. The van der Waals surface area contributed by atoms with Gasteiger partial charge in [0.05, 0.1) is 0 Å². The summed E-state index contributed by atoms with van der Waals surface area (Å²) in [6.45, 7) is 1.45. The molecule has 2 heterocycles. The molecule has 1 aliphatic heterocycles. The lowest BCUT2D eigenvalue weighted by atomic mass is 9.97. The predicted molar refractivity (Wildman–Crippen MR) is 64.9 cm³/mol. The van der Waals surface area contributed by atoms with Crippen LogP contribution in [0.4, 0.5) is 13.2 Å². The van der Waals surface area contributed by atoms with E-state index in [1.165, 1.54) is 6.92 Å². The van der Waals surface area contributed by atoms with E-state index >= 15 is 0 Å². The summed E-state index contributed by atoms with van der Waals surface area (Å²) in [6.07, 6.45) is -3.94. The van der Waals surface area contributed by atoms with E-state index in [0.717, 1.165) is 4.90 Å². The Hall–Kier alpha value is -2.06. The minimum absolute atomic E-state index is 0.0420. The number of amides is 1. The number of aromatic carboxylic acids is 1. The minimum Gasteiger partial charge on any atom is -0.476 e. The van der Waals surface area contributed by atoms with Crippen LogP contribution in [0.1, 0.15) is 40.8 Å². The quantitative estimate of drug-likeness (QED) is 0.870.